The van der Waals surface area contributed by atoms with Gasteiger partial charge in [0, 0.05) is 6.92 Å². The molecule has 0 saturated heterocycles. The van der Waals surface area contributed by atoms with Crippen molar-refractivity contribution in [2.75, 3.05) is 0 Å². The molecule has 0 aromatic carbocycles. The number of rotatable bonds is 5. The SMILES string of the molecule is CC(=O)OCn1c(C(=O)NC(C)(C)C=O)nc(Cl)c1Cl. The van der Waals surface area contributed by atoms with Gasteiger partial charge in [-0.25, -0.2) is 4.98 Å². The Balaban J connectivity index is 3.05. The van der Waals surface area contributed by atoms with Gasteiger partial charge < -0.3 is 14.8 Å². The van der Waals surface area contributed by atoms with Gasteiger partial charge in [0.1, 0.15) is 6.29 Å². The van der Waals surface area contributed by atoms with Crippen molar-refractivity contribution in [3.63, 3.8) is 0 Å². The van der Waals surface area contributed by atoms with E-state index in [1.807, 2.05) is 0 Å². The van der Waals surface area contributed by atoms with Gasteiger partial charge in [0.25, 0.3) is 5.91 Å². The third kappa shape index (κ3) is 3.94. The number of esters is 1. The van der Waals surface area contributed by atoms with Gasteiger partial charge in [-0.05, 0) is 13.8 Å². The number of hydrogen-bond acceptors (Lipinski definition) is 5. The molecule has 0 aliphatic heterocycles. The predicted molar refractivity (Wildman–Crippen MR) is 71.6 cm³/mol. The van der Waals surface area contributed by atoms with Crippen LogP contribution in [0.4, 0.5) is 0 Å². The zero-order chi connectivity index (χ0) is 15.5. The largest absolute Gasteiger partial charge is 0.444 e. The molecule has 0 spiro atoms. The fourth-order valence-electron chi connectivity index (χ4n) is 1.23. The van der Waals surface area contributed by atoms with Crippen LogP contribution in [0.15, 0.2) is 0 Å². The van der Waals surface area contributed by atoms with Crippen LogP contribution in [0.25, 0.3) is 0 Å². The Morgan fingerprint density at radius 3 is 2.55 bits per heavy atom. The summed E-state index contributed by atoms with van der Waals surface area (Å²) in [6, 6.07) is 0. The molecule has 1 amide bonds. The van der Waals surface area contributed by atoms with E-state index in [2.05, 4.69) is 10.3 Å². The van der Waals surface area contributed by atoms with Crippen molar-refractivity contribution in [1.82, 2.24) is 14.9 Å². The Bertz CT molecular complexity index is 554. The van der Waals surface area contributed by atoms with Gasteiger partial charge in [0.05, 0.1) is 5.54 Å². The summed E-state index contributed by atoms with van der Waals surface area (Å²) in [5.41, 5.74) is -1.08. The second-order valence-corrected chi connectivity index (χ2v) is 5.22. The Kier molecular flexibility index (Phi) is 5.13. The lowest BCUT2D eigenvalue weighted by Crippen LogP contribution is -2.45. The van der Waals surface area contributed by atoms with Crippen LogP contribution >= 0.6 is 23.2 Å². The molecule has 1 heterocycles. The van der Waals surface area contributed by atoms with Crippen molar-refractivity contribution >= 4 is 41.4 Å². The minimum Gasteiger partial charge on any atom is -0.444 e. The van der Waals surface area contributed by atoms with E-state index in [0.29, 0.717) is 6.29 Å². The van der Waals surface area contributed by atoms with Crippen molar-refractivity contribution < 1.29 is 19.1 Å². The standard InChI is InChI=1S/C11H13Cl2N3O4/c1-6(18)20-5-16-8(13)7(12)14-9(16)10(19)15-11(2,3)4-17/h4H,5H2,1-3H3,(H,15,19). The molecule has 0 saturated carbocycles. The molecule has 0 radical (unpaired) electrons. The van der Waals surface area contributed by atoms with Gasteiger partial charge in [0.2, 0.25) is 5.82 Å². The monoisotopic (exact) mass is 321 g/mol. The van der Waals surface area contributed by atoms with Crippen LogP contribution in [0.1, 0.15) is 31.4 Å². The smallest absolute Gasteiger partial charge is 0.304 e. The van der Waals surface area contributed by atoms with Crippen LogP contribution < -0.4 is 5.32 Å². The molecular weight excluding hydrogens is 309 g/mol. The number of nitrogens with one attached hydrogen (secondary N) is 1. The first kappa shape index (κ1) is 16.5. The molecule has 9 heteroatoms. The number of nitrogens with zero attached hydrogens (tertiary/aromatic N) is 2. The highest BCUT2D eigenvalue weighted by Gasteiger charge is 2.26. The fourth-order valence-corrected chi connectivity index (χ4v) is 1.58. The number of imidazole rings is 1. The summed E-state index contributed by atoms with van der Waals surface area (Å²) < 4.78 is 5.89. The van der Waals surface area contributed by atoms with E-state index in [1.54, 1.807) is 0 Å². The van der Waals surface area contributed by atoms with E-state index < -0.39 is 17.4 Å². The maximum Gasteiger partial charge on any atom is 0.304 e. The van der Waals surface area contributed by atoms with E-state index in [4.69, 9.17) is 27.9 Å². The lowest BCUT2D eigenvalue weighted by Gasteiger charge is -2.19. The van der Waals surface area contributed by atoms with Crippen molar-refractivity contribution in [2.24, 2.45) is 0 Å². The third-order valence-electron chi connectivity index (χ3n) is 2.20. The number of carbonyl (C=O) groups is 3. The molecule has 20 heavy (non-hydrogen) atoms. The van der Waals surface area contributed by atoms with Crippen molar-refractivity contribution in [1.29, 1.82) is 0 Å². The highest BCUT2D eigenvalue weighted by molar-refractivity contribution is 6.40. The minimum absolute atomic E-state index is 0.0398. The summed E-state index contributed by atoms with van der Waals surface area (Å²) in [5, 5.41) is 2.30. The van der Waals surface area contributed by atoms with E-state index in [0.717, 1.165) is 4.57 Å². The number of aromatic nitrogens is 2. The lowest BCUT2D eigenvalue weighted by molar-refractivity contribution is -0.144. The van der Waals surface area contributed by atoms with Crippen molar-refractivity contribution in [2.45, 2.75) is 33.0 Å². The number of ether oxygens (including phenoxy) is 1. The van der Waals surface area contributed by atoms with Gasteiger partial charge in [0.15, 0.2) is 17.0 Å². The van der Waals surface area contributed by atoms with Crippen molar-refractivity contribution in [3.05, 3.63) is 16.1 Å². The topological polar surface area (TPSA) is 90.3 Å². The van der Waals surface area contributed by atoms with Crippen molar-refractivity contribution in [3.8, 4) is 0 Å². The number of carbonyl (C=O) groups excluding carboxylic acids is 3. The molecule has 1 aromatic rings. The molecule has 1 N–H and O–H groups in total. The summed E-state index contributed by atoms with van der Waals surface area (Å²) in [6.07, 6.45) is 0.577. The van der Waals surface area contributed by atoms with Crippen LogP contribution in [0, 0.1) is 0 Å². The number of aldehydes is 1. The third-order valence-corrected chi connectivity index (χ3v) is 2.94. The average Bonchev–Trinajstić information content (AvgIpc) is 2.63. The van der Waals surface area contributed by atoms with E-state index in [-0.39, 0.29) is 22.9 Å². The maximum absolute atomic E-state index is 12.0. The molecule has 0 fully saturated rings. The fraction of sp³-hybridized carbons (Fsp3) is 0.455. The van der Waals surface area contributed by atoms with E-state index in [1.165, 1.54) is 20.8 Å². The van der Waals surface area contributed by atoms with Gasteiger partial charge in [-0.15, -0.1) is 0 Å². The molecule has 0 atom stereocenters. The summed E-state index contributed by atoms with van der Waals surface area (Å²) in [4.78, 5) is 37.4. The summed E-state index contributed by atoms with van der Waals surface area (Å²) >= 11 is 11.6. The van der Waals surface area contributed by atoms with Crippen LogP contribution in [-0.2, 0) is 21.1 Å². The van der Waals surface area contributed by atoms with Gasteiger partial charge in [-0.1, -0.05) is 23.2 Å². The zero-order valence-electron chi connectivity index (χ0n) is 11.1. The first-order valence-electron chi connectivity index (χ1n) is 5.51. The molecule has 0 aliphatic rings. The quantitative estimate of drug-likeness (QED) is 0.654. The normalized spacial score (nSPS) is 11.1. The van der Waals surface area contributed by atoms with Crippen LogP contribution in [0.3, 0.4) is 0 Å². The predicted octanol–water partition coefficient (Wildman–Crippen LogP) is 1.42. The Morgan fingerprint density at radius 1 is 1.45 bits per heavy atom. The summed E-state index contributed by atoms with van der Waals surface area (Å²) in [6.45, 7) is 3.93. The van der Waals surface area contributed by atoms with Gasteiger partial charge in [-0.2, -0.15) is 0 Å². The molecule has 0 aliphatic carbocycles. The van der Waals surface area contributed by atoms with E-state index in [9.17, 15) is 14.4 Å². The van der Waals surface area contributed by atoms with Gasteiger partial charge >= 0.3 is 5.97 Å². The second kappa shape index (κ2) is 6.23. The number of amides is 1. The first-order valence-corrected chi connectivity index (χ1v) is 6.27. The molecule has 0 unspecified atom stereocenters. The highest BCUT2D eigenvalue weighted by atomic mass is 35.5. The molecule has 7 nitrogen and oxygen atoms in total. The summed E-state index contributed by atoms with van der Waals surface area (Å²) in [7, 11) is 0. The van der Waals surface area contributed by atoms with Crippen LogP contribution in [-0.4, -0.2) is 33.3 Å². The Morgan fingerprint density at radius 2 is 2.05 bits per heavy atom. The van der Waals surface area contributed by atoms with E-state index >= 15 is 0 Å². The minimum atomic E-state index is -1.08. The zero-order valence-corrected chi connectivity index (χ0v) is 12.6. The Hall–Kier alpha value is -1.60. The second-order valence-electron chi connectivity index (χ2n) is 4.50. The number of halogens is 2. The summed E-state index contributed by atoms with van der Waals surface area (Å²) in [5.74, 6) is -1.37. The van der Waals surface area contributed by atoms with Crippen LogP contribution in [0.2, 0.25) is 10.3 Å². The maximum atomic E-state index is 12.0. The van der Waals surface area contributed by atoms with Gasteiger partial charge in [-0.3, -0.25) is 14.2 Å². The molecule has 1 aromatic heterocycles. The molecular formula is C11H13Cl2N3O4. The molecule has 1 rings (SSSR count). The number of hydrogen-bond donors (Lipinski definition) is 1. The Labute approximate surface area is 125 Å². The van der Waals surface area contributed by atoms with Crippen LogP contribution in [0.5, 0.6) is 0 Å². The highest BCUT2D eigenvalue weighted by Crippen LogP contribution is 2.23. The first-order chi connectivity index (χ1) is 9.18. The average molecular weight is 322 g/mol. The lowest BCUT2D eigenvalue weighted by atomic mass is 10.1. The molecule has 110 valence electrons. The molecule has 0 bridgehead atoms.